The second-order valence-corrected chi connectivity index (χ2v) is 8.24. The van der Waals surface area contributed by atoms with Gasteiger partial charge in [0.2, 0.25) is 11.8 Å². The summed E-state index contributed by atoms with van der Waals surface area (Å²) in [6.07, 6.45) is 8.65. The third kappa shape index (κ3) is 5.14. The van der Waals surface area contributed by atoms with Crippen molar-refractivity contribution in [2.45, 2.75) is 57.5 Å². The topological polar surface area (TPSA) is 141 Å². The zero-order valence-electron chi connectivity index (χ0n) is 17.3. The smallest absolute Gasteiger partial charge is 0.267 e. The Bertz CT molecular complexity index is 827. The van der Waals surface area contributed by atoms with Crippen LogP contribution in [0.3, 0.4) is 0 Å². The number of hydrogen-bond donors (Lipinski definition) is 4. The molecule has 9 nitrogen and oxygen atoms in total. The van der Waals surface area contributed by atoms with Crippen molar-refractivity contribution < 1.29 is 14.4 Å². The standard InChI is InChI=1S/C21H30N6O3/c1-13-4-2-5-14(10-13)26-21(30)17-6-3-9-27(17)18(28)12-25-16-11-24-8-7-15(16)19(22)20(23)29/h7-8,11,13-14,17,22,25H,2-6,9-10,12H2,1H3,(H2,23,29)(H,26,30). The van der Waals surface area contributed by atoms with Crippen LogP contribution < -0.4 is 16.4 Å². The summed E-state index contributed by atoms with van der Waals surface area (Å²) in [7, 11) is 0. The molecule has 3 rings (SSSR count). The van der Waals surface area contributed by atoms with Crippen LogP contribution in [0.2, 0.25) is 0 Å². The predicted molar refractivity (Wildman–Crippen MR) is 113 cm³/mol. The number of anilines is 1. The molecule has 1 saturated carbocycles. The highest BCUT2D eigenvalue weighted by atomic mass is 16.2. The summed E-state index contributed by atoms with van der Waals surface area (Å²) in [5.41, 5.74) is 5.51. The molecule has 1 saturated heterocycles. The molecule has 3 unspecified atom stereocenters. The molecule has 9 heteroatoms. The Kier molecular flexibility index (Phi) is 7.02. The molecule has 0 aromatic carbocycles. The van der Waals surface area contributed by atoms with Gasteiger partial charge in [0.25, 0.3) is 5.91 Å². The maximum atomic E-state index is 12.8. The van der Waals surface area contributed by atoms with Crippen molar-refractivity contribution in [2.24, 2.45) is 11.7 Å². The number of likely N-dealkylation sites (tertiary alicyclic amines) is 1. The maximum absolute atomic E-state index is 12.8. The maximum Gasteiger partial charge on any atom is 0.267 e. The van der Waals surface area contributed by atoms with Crippen molar-refractivity contribution in [3.63, 3.8) is 0 Å². The van der Waals surface area contributed by atoms with Gasteiger partial charge in [-0.3, -0.25) is 24.8 Å². The van der Waals surface area contributed by atoms with Gasteiger partial charge in [0, 0.05) is 24.3 Å². The van der Waals surface area contributed by atoms with Gasteiger partial charge < -0.3 is 21.3 Å². The summed E-state index contributed by atoms with van der Waals surface area (Å²) >= 11 is 0. The molecule has 0 spiro atoms. The van der Waals surface area contributed by atoms with E-state index in [9.17, 15) is 14.4 Å². The first kappa shape index (κ1) is 21.7. The second-order valence-electron chi connectivity index (χ2n) is 8.24. The number of carbonyl (C=O) groups is 3. The molecule has 2 aliphatic rings. The van der Waals surface area contributed by atoms with Gasteiger partial charge in [-0.1, -0.05) is 19.8 Å². The van der Waals surface area contributed by atoms with Crippen LogP contribution in [0.1, 0.15) is 51.0 Å². The fourth-order valence-corrected chi connectivity index (χ4v) is 4.36. The Hall–Kier alpha value is -2.97. The van der Waals surface area contributed by atoms with Crippen molar-refractivity contribution in [1.29, 1.82) is 5.41 Å². The number of rotatable bonds is 7. The number of primary amides is 1. The van der Waals surface area contributed by atoms with Gasteiger partial charge in [0.05, 0.1) is 18.4 Å². The number of aromatic nitrogens is 1. The average Bonchev–Trinajstić information content (AvgIpc) is 3.22. The van der Waals surface area contributed by atoms with Crippen LogP contribution in [-0.4, -0.2) is 58.5 Å². The number of pyridine rings is 1. The van der Waals surface area contributed by atoms with E-state index in [1.54, 1.807) is 4.90 Å². The summed E-state index contributed by atoms with van der Waals surface area (Å²) < 4.78 is 0. The molecule has 3 amide bonds. The molecule has 162 valence electrons. The van der Waals surface area contributed by atoms with E-state index < -0.39 is 11.9 Å². The van der Waals surface area contributed by atoms with Crippen LogP contribution >= 0.6 is 0 Å². The second kappa shape index (κ2) is 9.69. The van der Waals surface area contributed by atoms with E-state index in [-0.39, 0.29) is 35.7 Å². The van der Waals surface area contributed by atoms with Gasteiger partial charge in [-0.25, -0.2) is 0 Å². The molecule has 1 aliphatic carbocycles. The van der Waals surface area contributed by atoms with Gasteiger partial charge >= 0.3 is 0 Å². The van der Waals surface area contributed by atoms with Gasteiger partial charge in [-0.15, -0.1) is 0 Å². The Balaban J connectivity index is 1.59. The van der Waals surface area contributed by atoms with Crippen LogP contribution in [0.15, 0.2) is 18.5 Å². The fourth-order valence-electron chi connectivity index (χ4n) is 4.36. The highest BCUT2D eigenvalue weighted by Crippen LogP contribution is 2.25. The van der Waals surface area contributed by atoms with Crippen LogP contribution in [-0.2, 0) is 14.4 Å². The molecule has 2 fully saturated rings. The first-order valence-electron chi connectivity index (χ1n) is 10.5. The van der Waals surface area contributed by atoms with Crippen LogP contribution in [0.5, 0.6) is 0 Å². The summed E-state index contributed by atoms with van der Waals surface area (Å²) in [4.78, 5) is 42.5. The number of hydrogen-bond acceptors (Lipinski definition) is 6. The molecule has 0 bridgehead atoms. The minimum absolute atomic E-state index is 0.0605. The Morgan fingerprint density at radius 3 is 2.80 bits per heavy atom. The van der Waals surface area contributed by atoms with Crippen LogP contribution in [0.4, 0.5) is 5.69 Å². The lowest BCUT2D eigenvalue weighted by atomic mass is 9.87. The van der Waals surface area contributed by atoms with Gasteiger partial charge in [-0.05, 0) is 37.7 Å². The fraction of sp³-hybridized carbons (Fsp3) is 0.571. The molecule has 0 radical (unpaired) electrons. The molecule has 5 N–H and O–H groups in total. The van der Waals surface area contributed by atoms with E-state index in [2.05, 4.69) is 22.5 Å². The Labute approximate surface area is 176 Å². The molecular formula is C21H30N6O3. The minimum Gasteiger partial charge on any atom is -0.374 e. The van der Waals surface area contributed by atoms with Crippen molar-refractivity contribution in [3.8, 4) is 0 Å². The molecule has 30 heavy (non-hydrogen) atoms. The van der Waals surface area contributed by atoms with Crippen molar-refractivity contribution in [2.75, 3.05) is 18.4 Å². The zero-order valence-corrected chi connectivity index (χ0v) is 17.3. The third-order valence-electron chi connectivity index (χ3n) is 5.93. The van der Waals surface area contributed by atoms with Gasteiger partial charge in [0.15, 0.2) is 0 Å². The molecule has 2 heterocycles. The molecule has 3 atom stereocenters. The monoisotopic (exact) mass is 414 g/mol. The average molecular weight is 415 g/mol. The highest BCUT2D eigenvalue weighted by molar-refractivity contribution is 6.44. The van der Waals surface area contributed by atoms with Crippen LogP contribution in [0, 0.1) is 11.3 Å². The van der Waals surface area contributed by atoms with E-state index in [1.807, 2.05) is 0 Å². The number of nitrogens with zero attached hydrogens (tertiary/aromatic N) is 2. The number of nitrogens with two attached hydrogens (primary N) is 1. The number of amides is 3. The lowest BCUT2D eigenvalue weighted by Gasteiger charge is -2.30. The molecular weight excluding hydrogens is 384 g/mol. The van der Waals surface area contributed by atoms with Crippen LogP contribution in [0.25, 0.3) is 0 Å². The minimum atomic E-state index is -0.858. The van der Waals surface area contributed by atoms with Crippen molar-refractivity contribution in [3.05, 3.63) is 24.0 Å². The number of carbonyl (C=O) groups excluding carboxylic acids is 3. The normalized spacial score (nSPS) is 23.6. The van der Waals surface area contributed by atoms with Crippen molar-refractivity contribution in [1.82, 2.24) is 15.2 Å². The molecule has 1 aromatic heterocycles. The summed E-state index contributed by atoms with van der Waals surface area (Å²) in [6, 6.07) is 1.24. The van der Waals surface area contributed by atoms with Gasteiger partial charge in [-0.2, -0.15) is 0 Å². The molecule has 1 aliphatic heterocycles. The lowest BCUT2D eigenvalue weighted by Crippen LogP contribution is -2.50. The predicted octanol–water partition coefficient (Wildman–Crippen LogP) is 1.03. The van der Waals surface area contributed by atoms with E-state index in [0.717, 1.165) is 25.7 Å². The largest absolute Gasteiger partial charge is 0.374 e. The van der Waals surface area contributed by atoms with E-state index in [4.69, 9.17) is 11.1 Å². The third-order valence-corrected chi connectivity index (χ3v) is 5.93. The van der Waals surface area contributed by atoms with E-state index in [0.29, 0.717) is 24.6 Å². The van der Waals surface area contributed by atoms with Gasteiger partial charge in [0.1, 0.15) is 11.8 Å². The van der Waals surface area contributed by atoms with E-state index >= 15 is 0 Å². The van der Waals surface area contributed by atoms with Crippen molar-refractivity contribution >= 4 is 29.1 Å². The lowest BCUT2D eigenvalue weighted by molar-refractivity contribution is -0.137. The first-order valence-corrected chi connectivity index (χ1v) is 10.5. The zero-order chi connectivity index (χ0) is 21.7. The highest BCUT2D eigenvalue weighted by Gasteiger charge is 2.35. The van der Waals surface area contributed by atoms with E-state index in [1.165, 1.54) is 24.9 Å². The number of nitrogens with one attached hydrogen (secondary N) is 3. The first-order chi connectivity index (χ1) is 14.4. The summed E-state index contributed by atoms with van der Waals surface area (Å²) in [5.74, 6) is -0.520. The Morgan fingerprint density at radius 2 is 2.07 bits per heavy atom. The summed E-state index contributed by atoms with van der Waals surface area (Å²) in [5, 5.41) is 13.9. The quantitative estimate of drug-likeness (QED) is 0.493. The Morgan fingerprint density at radius 1 is 1.27 bits per heavy atom. The SMILES string of the molecule is CC1CCCC(NC(=O)C2CCCN2C(=O)CNc2cnccc2C(=N)C(N)=O)C1. The summed E-state index contributed by atoms with van der Waals surface area (Å²) in [6.45, 7) is 2.69. The molecule has 1 aromatic rings.